The van der Waals surface area contributed by atoms with Crippen molar-refractivity contribution in [3.63, 3.8) is 0 Å². The highest BCUT2D eigenvalue weighted by Gasteiger charge is 2.26. The summed E-state index contributed by atoms with van der Waals surface area (Å²) in [5.74, 6) is 0.744. The van der Waals surface area contributed by atoms with Gasteiger partial charge in [0.15, 0.2) is 6.73 Å². The van der Waals surface area contributed by atoms with Crippen LogP contribution < -0.4 is 15.3 Å². The molecule has 4 nitrogen and oxygen atoms in total. The van der Waals surface area contributed by atoms with Crippen LogP contribution in [0.15, 0.2) is 39.5 Å². The van der Waals surface area contributed by atoms with Crippen molar-refractivity contribution in [1.82, 2.24) is 0 Å². The number of halogens is 2. The fourth-order valence-electron chi connectivity index (χ4n) is 3.94. The summed E-state index contributed by atoms with van der Waals surface area (Å²) in [5, 5.41) is 2.00. The summed E-state index contributed by atoms with van der Waals surface area (Å²) in [6.45, 7) is 0.891. The lowest BCUT2D eigenvalue weighted by Crippen LogP contribution is -2.32. The minimum atomic E-state index is -0.226. The molecular formula is C20H15Cl2NO3. The monoisotopic (exact) mass is 387 g/mol. The first-order valence-electron chi connectivity index (χ1n) is 8.55. The van der Waals surface area contributed by atoms with Gasteiger partial charge in [0.25, 0.3) is 0 Å². The zero-order valence-corrected chi connectivity index (χ0v) is 15.4. The lowest BCUT2D eigenvalue weighted by atomic mass is 10.0. The van der Waals surface area contributed by atoms with Gasteiger partial charge < -0.3 is 14.1 Å². The van der Waals surface area contributed by atoms with Gasteiger partial charge in [-0.2, -0.15) is 0 Å². The standard InChI is InChI=1S/C20H15Cl2NO3/c21-15-5-2-6-16(18(15)22)23-9-14-17(25-10-23)8-7-12-11-3-1-4-13(11)20(24)26-19(12)14/h2,5-8H,1,3-4,9-10H2. The Morgan fingerprint density at radius 1 is 1.00 bits per heavy atom. The Balaban J connectivity index is 1.67. The predicted molar refractivity (Wildman–Crippen MR) is 103 cm³/mol. The van der Waals surface area contributed by atoms with Gasteiger partial charge in [-0.3, -0.25) is 0 Å². The fraction of sp³-hybridized carbons (Fsp3) is 0.250. The normalized spacial score (nSPS) is 15.7. The molecule has 26 heavy (non-hydrogen) atoms. The van der Waals surface area contributed by atoms with E-state index in [0.29, 0.717) is 28.9 Å². The van der Waals surface area contributed by atoms with Gasteiger partial charge in [0.1, 0.15) is 11.3 Å². The van der Waals surface area contributed by atoms with E-state index in [2.05, 4.69) is 0 Å². The second kappa shape index (κ2) is 5.93. The molecule has 0 bridgehead atoms. The molecule has 0 fully saturated rings. The van der Waals surface area contributed by atoms with Crippen LogP contribution in [0.2, 0.25) is 10.0 Å². The average molecular weight is 388 g/mol. The van der Waals surface area contributed by atoms with Gasteiger partial charge in [0.2, 0.25) is 0 Å². The third-order valence-electron chi connectivity index (χ3n) is 5.20. The molecule has 6 heteroatoms. The third-order valence-corrected chi connectivity index (χ3v) is 6.01. The SMILES string of the molecule is O=c1oc2c3c(ccc2c2c1CCC2)OCN(c1cccc(Cl)c1Cl)C3. The van der Waals surface area contributed by atoms with Gasteiger partial charge in [-0.25, -0.2) is 4.79 Å². The van der Waals surface area contributed by atoms with Crippen molar-refractivity contribution in [2.45, 2.75) is 25.8 Å². The van der Waals surface area contributed by atoms with E-state index in [9.17, 15) is 4.79 Å². The van der Waals surface area contributed by atoms with Crippen LogP contribution in [0.25, 0.3) is 11.0 Å². The van der Waals surface area contributed by atoms with E-state index in [1.54, 1.807) is 6.07 Å². The maximum Gasteiger partial charge on any atom is 0.339 e. The highest BCUT2D eigenvalue weighted by Crippen LogP contribution is 2.39. The van der Waals surface area contributed by atoms with E-state index in [1.165, 1.54) is 0 Å². The van der Waals surface area contributed by atoms with E-state index >= 15 is 0 Å². The Kier molecular flexibility index (Phi) is 3.66. The van der Waals surface area contributed by atoms with Crippen molar-refractivity contribution >= 4 is 39.9 Å². The highest BCUT2D eigenvalue weighted by molar-refractivity contribution is 6.43. The van der Waals surface area contributed by atoms with Crippen LogP contribution >= 0.6 is 23.2 Å². The van der Waals surface area contributed by atoms with Gasteiger partial charge >= 0.3 is 5.63 Å². The number of fused-ring (bicyclic) bond motifs is 5. The summed E-state index contributed by atoms with van der Waals surface area (Å²) < 4.78 is 11.6. The fourth-order valence-corrected chi connectivity index (χ4v) is 4.36. The molecule has 0 unspecified atom stereocenters. The first kappa shape index (κ1) is 16.0. The van der Waals surface area contributed by atoms with E-state index in [0.717, 1.165) is 52.8 Å². The van der Waals surface area contributed by atoms with Gasteiger partial charge in [0.05, 0.1) is 27.8 Å². The smallest absolute Gasteiger partial charge is 0.339 e. The Hall–Kier alpha value is -2.17. The molecule has 3 aromatic rings. The summed E-state index contributed by atoms with van der Waals surface area (Å²) in [7, 11) is 0. The maximum atomic E-state index is 12.4. The molecule has 1 aliphatic heterocycles. The predicted octanol–water partition coefficient (Wildman–Crippen LogP) is 4.95. The van der Waals surface area contributed by atoms with Gasteiger partial charge in [-0.15, -0.1) is 0 Å². The molecule has 0 saturated heterocycles. The van der Waals surface area contributed by atoms with Crippen LogP contribution in [-0.4, -0.2) is 6.73 Å². The minimum absolute atomic E-state index is 0.226. The molecule has 2 aliphatic rings. The second-order valence-electron chi connectivity index (χ2n) is 6.66. The molecule has 0 spiro atoms. The summed E-state index contributed by atoms with van der Waals surface area (Å²) in [4.78, 5) is 14.4. The van der Waals surface area contributed by atoms with Crippen molar-refractivity contribution in [3.8, 4) is 5.75 Å². The zero-order valence-electron chi connectivity index (χ0n) is 13.9. The van der Waals surface area contributed by atoms with E-state index < -0.39 is 0 Å². The van der Waals surface area contributed by atoms with Crippen LogP contribution in [0, 0.1) is 0 Å². The van der Waals surface area contributed by atoms with Crippen molar-refractivity contribution in [2.75, 3.05) is 11.6 Å². The number of anilines is 1. The number of benzene rings is 2. The van der Waals surface area contributed by atoms with Crippen LogP contribution in [0.5, 0.6) is 5.75 Å². The average Bonchev–Trinajstić information content (AvgIpc) is 3.14. The van der Waals surface area contributed by atoms with Crippen LogP contribution in [-0.2, 0) is 19.4 Å². The first-order chi connectivity index (χ1) is 12.6. The first-order valence-corrected chi connectivity index (χ1v) is 9.31. The lowest BCUT2D eigenvalue weighted by Gasteiger charge is -2.31. The second-order valence-corrected chi connectivity index (χ2v) is 7.45. The van der Waals surface area contributed by atoms with E-state index in [4.69, 9.17) is 32.4 Å². The van der Waals surface area contributed by atoms with Gasteiger partial charge in [-0.1, -0.05) is 29.3 Å². The van der Waals surface area contributed by atoms with Crippen LogP contribution in [0.1, 0.15) is 23.1 Å². The molecule has 0 amide bonds. The maximum absolute atomic E-state index is 12.4. The molecular weight excluding hydrogens is 373 g/mol. The van der Waals surface area contributed by atoms with Crippen molar-refractivity contribution in [3.05, 3.63) is 67.5 Å². The molecule has 0 radical (unpaired) electrons. The molecule has 1 aromatic heterocycles. The number of nitrogens with zero attached hydrogens (tertiary/aromatic N) is 1. The zero-order chi connectivity index (χ0) is 17.8. The third kappa shape index (κ3) is 2.32. The summed E-state index contributed by atoms with van der Waals surface area (Å²) >= 11 is 12.5. The minimum Gasteiger partial charge on any atom is -0.473 e. The Morgan fingerprint density at radius 2 is 1.85 bits per heavy atom. The summed E-state index contributed by atoms with van der Waals surface area (Å²) in [5.41, 5.74) is 4.01. The largest absolute Gasteiger partial charge is 0.473 e. The van der Waals surface area contributed by atoms with Crippen molar-refractivity contribution < 1.29 is 9.15 Å². The molecule has 0 saturated carbocycles. The van der Waals surface area contributed by atoms with Crippen molar-refractivity contribution in [1.29, 1.82) is 0 Å². The quantitative estimate of drug-likeness (QED) is 0.554. The number of rotatable bonds is 1. The number of ether oxygens (including phenoxy) is 1. The molecule has 2 aromatic carbocycles. The molecule has 1 aliphatic carbocycles. The lowest BCUT2D eigenvalue weighted by molar-refractivity contribution is 0.289. The van der Waals surface area contributed by atoms with E-state index in [-0.39, 0.29) is 5.63 Å². The van der Waals surface area contributed by atoms with E-state index in [1.807, 2.05) is 29.2 Å². The Bertz CT molecular complexity index is 1110. The van der Waals surface area contributed by atoms with Gasteiger partial charge in [0, 0.05) is 10.9 Å². The molecule has 0 atom stereocenters. The topological polar surface area (TPSA) is 42.7 Å². The van der Waals surface area contributed by atoms with Gasteiger partial charge in [-0.05, 0) is 49.1 Å². The molecule has 132 valence electrons. The van der Waals surface area contributed by atoms with Crippen LogP contribution in [0.4, 0.5) is 5.69 Å². The summed E-state index contributed by atoms with van der Waals surface area (Å²) in [6, 6.07) is 9.48. The molecule has 5 rings (SSSR count). The molecule has 0 N–H and O–H groups in total. The molecule has 2 heterocycles. The summed E-state index contributed by atoms with van der Waals surface area (Å²) in [6.07, 6.45) is 2.71. The van der Waals surface area contributed by atoms with Crippen molar-refractivity contribution in [2.24, 2.45) is 0 Å². The Morgan fingerprint density at radius 3 is 2.73 bits per heavy atom. The van der Waals surface area contributed by atoms with Crippen LogP contribution in [0.3, 0.4) is 0 Å². The number of hydrogen-bond acceptors (Lipinski definition) is 4. The Labute approximate surface area is 159 Å². The number of aryl methyl sites for hydroxylation is 1. The highest BCUT2D eigenvalue weighted by atomic mass is 35.5. The number of hydrogen-bond donors (Lipinski definition) is 0.